The first-order chi connectivity index (χ1) is 9.05. The maximum Gasteiger partial charge on any atom is 0.215 e. The van der Waals surface area contributed by atoms with Gasteiger partial charge in [0.05, 0.1) is 12.6 Å². The number of pyridine rings is 1. The zero-order chi connectivity index (χ0) is 13.6. The van der Waals surface area contributed by atoms with Gasteiger partial charge in [-0.05, 0) is 42.5 Å². The second kappa shape index (κ2) is 4.34. The topological polar surface area (TPSA) is 42.8 Å². The van der Waals surface area contributed by atoms with E-state index in [1.165, 1.54) is 12.8 Å². The first-order valence-corrected chi connectivity index (χ1v) is 7.10. The van der Waals surface area contributed by atoms with E-state index < -0.39 is 0 Å². The predicted octanol–water partition coefficient (Wildman–Crippen LogP) is 3.54. The Balaban J connectivity index is 2.07. The van der Waals surface area contributed by atoms with Crippen LogP contribution in [0.3, 0.4) is 0 Å². The van der Waals surface area contributed by atoms with E-state index in [4.69, 9.17) is 17.0 Å². The summed E-state index contributed by atoms with van der Waals surface area (Å²) in [6, 6.07) is 3.83. The van der Waals surface area contributed by atoms with Gasteiger partial charge in [0.1, 0.15) is 0 Å². The molecule has 1 fully saturated rings. The Labute approximate surface area is 117 Å². The molecule has 2 aromatic rings. The highest BCUT2D eigenvalue weighted by Gasteiger charge is 2.45. The molecule has 3 rings (SSSR count). The molecular weight excluding hydrogens is 258 g/mol. The third kappa shape index (κ3) is 2.06. The molecule has 0 spiro atoms. The molecule has 2 aromatic heterocycles. The van der Waals surface area contributed by atoms with Gasteiger partial charge >= 0.3 is 0 Å². The van der Waals surface area contributed by atoms with Gasteiger partial charge in [-0.2, -0.15) is 4.98 Å². The van der Waals surface area contributed by atoms with Crippen LogP contribution in [-0.4, -0.2) is 21.6 Å². The fourth-order valence-corrected chi connectivity index (χ4v) is 2.93. The minimum absolute atomic E-state index is 0.401. The van der Waals surface area contributed by atoms with Gasteiger partial charge in [-0.25, -0.2) is 0 Å². The van der Waals surface area contributed by atoms with Crippen molar-refractivity contribution in [2.24, 2.45) is 11.3 Å². The summed E-state index contributed by atoms with van der Waals surface area (Å²) < 4.78 is 8.09. The summed E-state index contributed by atoms with van der Waals surface area (Å²) in [7, 11) is 1.64. The molecule has 0 aromatic carbocycles. The molecule has 0 atom stereocenters. The molecule has 19 heavy (non-hydrogen) atoms. The summed E-state index contributed by atoms with van der Waals surface area (Å²) in [5.41, 5.74) is 2.28. The van der Waals surface area contributed by atoms with E-state index >= 15 is 0 Å². The molecule has 1 aliphatic rings. The van der Waals surface area contributed by atoms with Crippen molar-refractivity contribution in [1.82, 2.24) is 14.5 Å². The summed E-state index contributed by atoms with van der Waals surface area (Å²) in [4.78, 5) is 7.76. The van der Waals surface area contributed by atoms with Crippen molar-refractivity contribution >= 4 is 23.4 Å². The largest absolute Gasteiger partial charge is 0.481 e. The summed E-state index contributed by atoms with van der Waals surface area (Å²) in [6.07, 6.45) is 2.56. The third-order valence-corrected chi connectivity index (χ3v) is 4.71. The lowest BCUT2D eigenvalue weighted by molar-refractivity contribution is 0.310. The van der Waals surface area contributed by atoms with Crippen LogP contribution in [0.1, 0.15) is 26.7 Å². The first-order valence-electron chi connectivity index (χ1n) is 6.69. The maximum absolute atomic E-state index is 5.44. The number of fused-ring (bicyclic) bond motifs is 1. The van der Waals surface area contributed by atoms with Crippen LogP contribution in [0.5, 0.6) is 5.88 Å². The van der Waals surface area contributed by atoms with Crippen LogP contribution in [0.2, 0.25) is 0 Å². The van der Waals surface area contributed by atoms with Crippen LogP contribution in [0, 0.1) is 16.1 Å². The zero-order valence-corrected chi connectivity index (χ0v) is 12.4. The van der Waals surface area contributed by atoms with E-state index in [-0.39, 0.29) is 0 Å². The Morgan fingerprint density at radius 2 is 2.21 bits per heavy atom. The maximum atomic E-state index is 5.44. The third-order valence-electron chi connectivity index (χ3n) is 4.39. The van der Waals surface area contributed by atoms with E-state index in [2.05, 4.69) is 28.4 Å². The average molecular weight is 277 g/mol. The smallest absolute Gasteiger partial charge is 0.215 e. The van der Waals surface area contributed by atoms with Crippen molar-refractivity contribution < 1.29 is 4.74 Å². The molecule has 102 valence electrons. The monoisotopic (exact) mass is 277 g/mol. The molecule has 0 amide bonds. The van der Waals surface area contributed by atoms with Crippen LogP contribution >= 0.6 is 12.2 Å². The Morgan fingerprint density at radius 1 is 1.47 bits per heavy atom. The lowest BCUT2D eigenvalue weighted by Gasteiger charge is -2.20. The van der Waals surface area contributed by atoms with Crippen molar-refractivity contribution in [2.75, 3.05) is 7.11 Å². The summed E-state index contributed by atoms with van der Waals surface area (Å²) in [5, 5.41) is 0. The van der Waals surface area contributed by atoms with E-state index in [9.17, 15) is 0 Å². The number of aromatic nitrogens is 3. The average Bonchev–Trinajstić information content (AvgIpc) is 3.11. The standard InChI is InChI=1S/C14H19N3OS/c1-9(2)14(6-7-14)8-17-12-10(15-13(17)19)4-5-11(16-12)18-3/h4-5,9H,6-8H2,1-3H3,(H,15,19). The van der Waals surface area contributed by atoms with Crippen molar-refractivity contribution in [3.8, 4) is 5.88 Å². The zero-order valence-electron chi connectivity index (χ0n) is 11.6. The number of aromatic amines is 1. The predicted molar refractivity (Wildman–Crippen MR) is 78.0 cm³/mol. The van der Waals surface area contributed by atoms with Crippen LogP contribution in [0.15, 0.2) is 12.1 Å². The molecule has 2 heterocycles. The van der Waals surface area contributed by atoms with Crippen molar-refractivity contribution in [3.05, 3.63) is 16.9 Å². The van der Waals surface area contributed by atoms with Crippen LogP contribution in [0.25, 0.3) is 11.2 Å². The summed E-state index contributed by atoms with van der Waals surface area (Å²) in [5.74, 6) is 1.30. The van der Waals surface area contributed by atoms with Gasteiger partial charge in [0.25, 0.3) is 0 Å². The molecule has 4 nitrogen and oxygen atoms in total. The summed E-state index contributed by atoms with van der Waals surface area (Å²) >= 11 is 5.44. The second-order valence-electron chi connectivity index (χ2n) is 5.76. The number of ether oxygens (including phenoxy) is 1. The van der Waals surface area contributed by atoms with Gasteiger partial charge in [0, 0.05) is 12.6 Å². The summed E-state index contributed by atoms with van der Waals surface area (Å²) in [6.45, 7) is 5.53. The van der Waals surface area contributed by atoms with Crippen molar-refractivity contribution in [3.63, 3.8) is 0 Å². The molecule has 1 saturated carbocycles. The quantitative estimate of drug-likeness (QED) is 0.869. The minimum atomic E-state index is 0.401. The number of methoxy groups -OCH3 is 1. The van der Waals surface area contributed by atoms with E-state index in [0.29, 0.717) is 17.2 Å². The number of nitrogens with one attached hydrogen (secondary N) is 1. The Kier molecular flexibility index (Phi) is 2.89. The van der Waals surface area contributed by atoms with Crippen LogP contribution in [0.4, 0.5) is 0 Å². The van der Waals surface area contributed by atoms with E-state index in [0.717, 1.165) is 22.5 Å². The normalized spacial score (nSPS) is 17.1. The van der Waals surface area contributed by atoms with Gasteiger partial charge in [0.15, 0.2) is 10.4 Å². The second-order valence-corrected chi connectivity index (χ2v) is 6.14. The number of hydrogen-bond donors (Lipinski definition) is 1. The number of H-pyrrole nitrogens is 1. The van der Waals surface area contributed by atoms with Gasteiger partial charge < -0.3 is 14.3 Å². The number of rotatable bonds is 4. The van der Waals surface area contributed by atoms with Gasteiger partial charge in [-0.1, -0.05) is 13.8 Å². The molecule has 1 N–H and O–H groups in total. The van der Waals surface area contributed by atoms with E-state index in [1.54, 1.807) is 7.11 Å². The molecule has 0 bridgehead atoms. The highest BCUT2D eigenvalue weighted by Crippen LogP contribution is 2.53. The highest BCUT2D eigenvalue weighted by molar-refractivity contribution is 7.71. The molecule has 5 heteroatoms. The fourth-order valence-electron chi connectivity index (χ4n) is 2.67. The SMILES string of the molecule is COc1ccc2[nH]c(=S)n(CC3(C(C)C)CC3)c2n1. The van der Waals surface area contributed by atoms with E-state index in [1.807, 2.05) is 12.1 Å². The lowest BCUT2D eigenvalue weighted by Crippen LogP contribution is -2.18. The van der Waals surface area contributed by atoms with Crippen LogP contribution < -0.4 is 4.74 Å². The highest BCUT2D eigenvalue weighted by atomic mass is 32.1. The lowest BCUT2D eigenvalue weighted by atomic mass is 9.92. The first kappa shape index (κ1) is 12.7. The Bertz CT molecular complexity index is 667. The van der Waals surface area contributed by atoms with Crippen molar-refractivity contribution in [1.29, 1.82) is 0 Å². The Morgan fingerprint density at radius 3 is 2.79 bits per heavy atom. The number of hydrogen-bond acceptors (Lipinski definition) is 3. The molecule has 0 unspecified atom stereocenters. The van der Waals surface area contributed by atoms with Gasteiger partial charge in [-0.3, -0.25) is 0 Å². The minimum Gasteiger partial charge on any atom is -0.481 e. The molecular formula is C14H19N3OS. The van der Waals surface area contributed by atoms with Crippen molar-refractivity contribution in [2.45, 2.75) is 33.2 Å². The van der Waals surface area contributed by atoms with Gasteiger partial charge in [-0.15, -0.1) is 0 Å². The Hall–Kier alpha value is -1.36. The van der Waals surface area contributed by atoms with Crippen LogP contribution in [-0.2, 0) is 6.54 Å². The number of imidazole rings is 1. The molecule has 0 radical (unpaired) electrons. The van der Waals surface area contributed by atoms with Gasteiger partial charge in [0.2, 0.25) is 5.88 Å². The fraction of sp³-hybridized carbons (Fsp3) is 0.571. The molecule has 0 aliphatic heterocycles. The molecule has 1 aliphatic carbocycles. The number of nitrogens with zero attached hydrogens (tertiary/aromatic N) is 2. The molecule has 0 saturated heterocycles.